The first-order chi connectivity index (χ1) is 15.6. The number of aromatic hydroxyl groups is 1. The zero-order valence-corrected chi connectivity index (χ0v) is 18.2. The number of hydrogen-bond acceptors (Lipinski definition) is 9. The Bertz CT molecular complexity index is 1160. The number of nitrogens with one attached hydrogen (secondary N) is 1. The summed E-state index contributed by atoms with van der Waals surface area (Å²) in [4.78, 5) is 13.3. The summed E-state index contributed by atoms with van der Waals surface area (Å²) < 4.78 is 0. The Morgan fingerprint density at radius 1 is 1.22 bits per heavy atom. The van der Waals surface area contributed by atoms with Crippen LogP contribution in [0.25, 0.3) is 11.3 Å². The summed E-state index contributed by atoms with van der Waals surface area (Å²) in [6.07, 6.45) is 1.74. The van der Waals surface area contributed by atoms with Gasteiger partial charge in [0, 0.05) is 37.4 Å². The van der Waals surface area contributed by atoms with Gasteiger partial charge in [-0.05, 0) is 44.2 Å². The van der Waals surface area contributed by atoms with Crippen LogP contribution in [0.4, 0.5) is 17.3 Å². The van der Waals surface area contributed by atoms with Crippen molar-refractivity contribution in [3.63, 3.8) is 0 Å². The van der Waals surface area contributed by atoms with Gasteiger partial charge in [-0.3, -0.25) is 0 Å². The number of piperazine rings is 1. The number of benzene rings is 1. The minimum absolute atomic E-state index is 0.154. The van der Waals surface area contributed by atoms with Crippen LogP contribution in [0.5, 0.6) is 5.75 Å². The average molecular weight is 431 g/mol. The summed E-state index contributed by atoms with van der Waals surface area (Å²) in [7, 11) is 1.85. The molecule has 1 aliphatic rings. The molecule has 1 aliphatic heterocycles. The standard InChI is InChI=1S/C23H26N8O/c1-16-15-30(22-9-11-26-21(27-22)8-5-10-25-2)12-13-31(16)19-14-18(28-29-23(19)24)17-6-3-4-7-20(17)32/h3-4,6-7,9,11,14,16,25,32H,10,12-13,15H2,1-2H3,(H2,24,29)/t16-/m0/s1. The van der Waals surface area contributed by atoms with Gasteiger partial charge >= 0.3 is 0 Å². The first-order valence-corrected chi connectivity index (χ1v) is 10.5. The molecule has 2 aromatic heterocycles. The van der Waals surface area contributed by atoms with Crippen LogP contribution in [-0.2, 0) is 0 Å². The Kier molecular flexibility index (Phi) is 6.33. The van der Waals surface area contributed by atoms with Crippen molar-refractivity contribution >= 4 is 17.3 Å². The lowest BCUT2D eigenvalue weighted by Gasteiger charge is -2.41. The zero-order chi connectivity index (χ0) is 22.5. The molecule has 0 spiro atoms. The van der Waals surface area contributed by atoms with E-state index < -0.39 is 0 Å². The van der Waals surface area contributed by atoms with Crippen LogP contribution in [0.2, 0.25) is 0 Å². The molecule has 164 valence electrons. The molecule has 9 heteroatoms. The van der Waals surface area contributed by atoms with Crippen molar-refractivity contribution in [3.05, 3.63) is 48.4 Å². The van der Waals surface area contributed by atoms with E-state index in [2.05, 4.69) is 54.0 Å². The molecule has 0 bridgehead atoms. The monoisotopic (exact) mass is 430 g/mol. The third kappa shape index (κ3) is 4.55. The number of nitrogen functional groups attached to an aromatic ring is 1. The largest absolute Gasteiger partial charge is 0.507 e. The van der Waals surface area contributed by atoms with E-state index in [1.165, 1.54) is 0 Å². The van der Waals surface area contributed by atoms with Gasteiger partial charge in [0.25, 0.3) is 0 Å². The SMILES string of the molecule is CNCC#Cc1nccc(N2CCN(c3cc(-c4ccccc4O)nnc3N)[C@@H](C)C2)n1. The molecule has 0 unspecified atom stereocenters. The Morgan fingerprint density at radius 2 is 2.06 bits per heavy atom. The maximum atomic E-state index is 10.2. The maximum Gasteiger partial charge on any atom is 0.206 e. The summed E-state index contributed by atoms with van der Waals surface area (Å²) >= 11 is 0. The molecule has 0 aliphatic carbocycles. The van der Waals surface area contributed by atoms with Crippen LogP contribution >= 0.6 is 0 Å². The topological polar surface area (TPSA) is 116 Å². The molecule has 9 nitrogen and oxygen atoms in total. The fraction of sp³-hybridized carbons (Fsp3) is 0.304. The highest BCUT2D eigenvalue weighted by Crippen LogP contribution is 2.33. The molecule has 3 aromatic rings. The third-order valence-electron chi connectivity index (χ3n) is 5.35. The molecule has 0 amide bonds. The maximum absolute atomic E-state index is 10.2. The predicted octanol–water partition coefficient (Wildman–Crippen LogP) is 1.51. The number of phenols is 1. The minimum atomic E-state index is 0.154. The van der Waals surface area contributed by atoms with Crippen LogP contribution in [0.3, 0.4) is 0 Å². The first kappa shape index (κ1) is 21.3. The lowest BCUT2D eigenvalue weighted by molar-refractivity contribution is 0.477. The average Bonchev–Trinajstić information content (AvgIpc) is 2.80. The second-order valence-corrected chi connectivity index (χ2v) is 7.58. The highest BCUT2D eigenvalue weighted by atomic mass is 16.3. The van der Waals surface area contributed by atoms with Crippen molar-refractivity contribution in [1.82, 2.24) is 25.5 Å². The lowest BCUT2D eigenvalue weighted by atomic mass is 10.1. The smallest absolute Gasteiger partial charge is 0.206 e. The number of aromatic nitrogens is 4. The number of phenolic OH excluding ortho intramolecular Hbond substituents is 1. The van der Waals surface area contributed by atoms with Crippen LogP contribution < -0.4 is 20.9 Å². The third-order valence-corrected chi connectivity index (χ3v) is 5.35. The summed E-state index contributed by atoms with van der Waals surface area (Å²) in [6, 6.07) is 11.0. The van der Waals surface area contributed by atoms with E-state index in [0.29, 0.717) is 29.4 Å². The van der Waals surface area contributed by atoms with Gasteiger partial charge in [0.05, 0.1) is 17.9 Å². The fourth-order valence-corrected chi connectivity index (χ4v) is 3.76. The van der Waals surface area contributed by atoms with Crippen LogP contribution in [0, 0.1) is 11.8 Å². The summed E-state index contributed by atoms with van der Waals surface area (Å²) in [5.41, 5.74) is 8.21. The van der Waals surface area contributed by atoms with E-state index in [4.69, 9.17) is 5.73 Å². The molecule has 4 rings (SSSR count). The van der Waals surface area contributed by atoms with Crippen LogP contribution in [0.1, 0.15) is 12.7 Å². The highest BCUT2D eigenvalue weighted by molar-refractivity contribution is 5.74. The van der Waals surface area contributed by atoms with E-state index >= 15 is 0 Å². The molecular formula is C23H26N8O. The number of para-hydroxylation sites is 1. The zero-order valence-electron chi connectivity index (χ0n) is 18.2. The number of nitrogens with zero attached hydrogens (tertiary/aromatic N) is 6. The van der Waals surface area contributed by atoms with Gasteiger partial charge in [0.15, 0.2) is 5.82 Å². The van der Waals surface area contributed by atoms with Gasteiger partial charge < -0.3 is 26.0 Å². The highest BCUT2D eigenvalue weighted by Gasteiger charge is 2.27. The van der Waals surface area contributed by atoms with Crippen molar-refractivity contribution in [1.29, 1.82) is 0 Å². The summed E-state index contributed by atoms with van der Waals surface area (Å²) in [6.45, 7) is 4.99. The van der Waals surface area contributed by atoms with Gasteiger partial charge in [-0.1, -0.05) is 18.1 Å². The molecule has 1 aromatic carbocycles. The van der Waals surface area contributed by atoms with Gasteiger partial charge in [-0.25, -0.2) is 9.97 Å². The van der Waals surface area contributed by atoms with Gasteiger partial charge in [-0.2, -0.15) is 0 Å². The minimum Gasteiger partial charge on any atom is -0.507 e. The fourth-order valence-electron chi connectivity index (χ4n) is 3.76. The van der Waals surface area contributed by atoms with Gasteiger partial charge in [0.1, 0.15) is 11.6 Å². The van der Waals surface area contributed by atoms with E-state index in [9.17, 15) is 5.11 Å². The van der Waals surface area contributed by atoms with E-state index in [1.54, 1.807) is 18.3 Å². The molecular weight excluding hydrogens is 404 g/mol. The Hall–Kier alpha value is -3.90. The van der Waals surface area contributed by atoms with Crippen molar-refractivity contribution in [2.24, 2.45) is 0 Å². The van der Waals surface area contributed by atoms with Gasteiger partial charge in [-0.15, -0.1) is 10.2 Å². The van der Waals surface area contributed by atoms with Gasteiger partial charge in [0.2, 0.25) is 5.82 Å². The summed E-state index contributed by atoms with van der Waals surface area (Å²) in [5.74, 6) is 7.87. The van der Waals surface area contributed by atoms with Crippen molar-refractivity contribution in [2.45, 2.75) is 13.0 Å². The summed E-state index contributed by atoms with van der Waals surface area (Å²) in [5, 5.41) is 21.5. The number of hydrogen-bond donors (Lipinski definition) is 3. The molecule has 4 N–H and O–H groups in total. The molecule has 1 fully saturated rings. The molecule has 0 saturated carbocycles. The molecule has 0 radical (unpaired) electrons. The van der Waals surface area contributed by atoms with E-state index in [0.717, 1.165) is 31.1 Å². The predicted molar refractivity (Wildman–Crippen MR) is 125 cm³/mol. The lowest BCUT2D eigenvalue weighted by Crippen LogP contribution is -2.52. The van der Waals surface area contributed by atoms with Crippen LogP contribution in [-0.4, -0.2) is 64.5 Å². The quantitative estimate of drug-likeness (QED) is 0.530. The number of nitrogens with two attached hydrogens (primary N) is 1. The second kappa shape index (κ2) is 9.49. The normalized spacial score (nSPS) is 15.9. The second-order valence-electron chi connectivity index (χ2n) is 7.58. The van der Waals surface area contributed by atoms with Crippen LogP contribution in [0.15, 0.2) is 42.6 Å². The number of anilines is 3. The van der Waals surface area contributed by atoms with E-state index in [-0.39, 0.29) is 11.8 Å². The molecule has 1 atom stereocenters. The number of rotatable bonds is 4. The van der Waals surface area contributed by atoms with Crippen molar-refractivity contribution < 1.29 is 5.11 Å². The van der Waals surface area contributed by atoms with Crippen molar-refractivity contribution in [3.8, 4) is 28.8 Å². The van der Waals surface area contributed by atoms with E-state index in [1.807, 2.05) is 31.3 Å². The molecule has 1 saturated heterocycles. The Morgan fingerprint density at radius 3 is 2.84 bits per heavy atom. The molecule has 3 heterocycles. The Balaban J connectivity index is 1.53. The molecule has 32 heavy (non-hydrogen) atoms. The Labute approximate surface area is 187 Å². The first-order valence-electron chi connectivity index (χ1n) is 10.5. The van der Waals surface area contributed by atoms with Crippen molar-refractivity contribution in [2.75, 3.05) is 48.8 Å².